The van der Waals surface area contributed by atoms with Crippen molar-refractivity contribution < 1.29 is 10.0 Å². The van der Waals surface area contributed by atoms with Crippen LogP contribution in [-0.4, -0.2) is 46.7 Å². The topological polar surface area (TPSA) is 92.6 Å². The van der Waals surface area contributed by atoms with E-state index in [1.165, 1.54) is 0 Å². The number of benzene rings is 1. The number of piperidine rings is 1. The normalized spacial score (nSPS) is 18.6. The van der Waals surface area contributed by atoms with Crippen molar-refractivity contribution in [1.29, 1.82) is 0 Å². The molecule has 0 radical (unpaired) electrons. The van der Waals surface area contributed by atoms with Crippen LogP contribution >= 0.6 is 0 Å². The Kier molecular flexibility index (Phi) is 5.27. The molecule has 21 heavy (non-hydrogen) atoms. The molecule has 1 aliphatic heterocycles. The van der Waals surface area contributed by atoms with Crippen LogP contribution in [0.25, 0.3) is 0 Å². The average Bonchev–Trinajstić information content (AvgIpc) is 2.47. The van der Waals surface area contributed by atoms with Gasteiger partial charge in [0.1, 0.15) is 0 Å². The Morgan fingerprint density at radius 2 is 1.90 bits per heavy atom. The minimum Gasteiger partial charge on any atom is -0.390 e. The summed E-state index contributed by atoms with van der Waals surface area (Å²) >= 11 is 0. The molecule has 1 heterocycles. The van der Waals surface area contributed by atoms with Crippen LogP contribution in [0.4, 0.5) is 5.69 Å². The molecule has 0 unspecified atom stereocenters. The third kappa shape index (κ3) is 4.49. The highest BCUT2D eigenvalue weighted by Gasteiger charge is 2.30. The number of nitro groups is 1. The van der Waals surface area contributed by atoms with Crippen molar-refractivity contribution in [3.8, 4) is 0 Å². The second-order valence-corrected chi connectivity index (χ2v) is 5.78. The van der Waals surface area contributed by atoms with E-state index in [4.69, 9.17) is 5.73 Å². The standard InChI is InChI=1S/C15H23N3O3/c16-9-6-15(19)7-11-17(12-8-15)10-5-13-1-3-14(4-2-13)18(20)21/h1-4,19H,5-12,16H2. The molecule has 3 N–H and O–H groups in total. The quantitative estimate of drug-likeness (QED) is 0.609. The molecule has 1 saturated heterocycles. The molecule has 116 valence electrons. The molecule has 1 aliphatic rings. The molecule has 0 amide bonds. The maximum atomic E-state index is 10.6. The van der Waals surface area contributed by atoms with Crippen LogP contribution in [0, 0.1) is 10.1 Å². The van der Waals surface area contributed by atoms with Gasteiger partial charge in [0.05, 0.1) is 10.5 Å². The van der Waals surface area contributed by atoms with E-state index in [2.05, 4.69) is 4.90 Å². The van der Waals surface area contributed by atoms with Crippen molar-refractivity contribution in [2.24, 2.45) is 5.73 Å². The summed E-state index contributed by atoms with van der Waals surface area (Å²) in [5, 5.41) is 20.9. The average molecular weight is 293 g/mol. The van der Waals surface area contributed by atoms with E-state index in [9.17, 15) is 15.2 Å². The summed E-state index contributed by atoms with van der Waals surface area (Å²) in [6, 6.07) is 6.72. The van der Waals surface area contributed by atoms with Crippen molar-refractivity contribution in [3.63, 3.8) is 0 Å². The summed E-state index contributed by atoms with van der Waals surface area (Å²) in [5.41, 5.74) is 6.17. The largest absolute Gasteiger partial charge is 0.390 e. The second kappa shape index (κ2) is 6.98. The summed E-state index contributed by atoms with van der Waals surface area (Å²) in [7, 11) is 0. The number of nitrogens with zero attached hydrogens (tertiary/aromatic N) is 2. The molecule has 0 spiro atoms. The van der Waals surface area contributed by atoms with Crippen molar-refractivity contribution in [3.05, 3.63) is 39.9 Å². The van der Waals surface area contributed by atoms with Crippen LogP contribution in [0.2, 0.25) is 0 Å². The lowest BCUT2D eigenvalue weighted by molar-refractivity contribution is -0.384. The van der Waals surface area contributed by atoms with Crippen LogP contribution in [-0.2, 0) is 6.42 Å². The van der Waals surface area contributed by atoms with Gasteiger partial charge in [0, 0.05) is 31.8 Å². The fraction of sp³-hybridized carbons (Fsp3) is 0.600. The van der Waals surface area contributed by atoms with Gasteiger partial charge in [-0.25, -0.2) is 0 Å². The van der Waals surface area contributed by atoms with Gasteiger partial charge in [0.2, 0.25) is 0 Å². The predicted molar refractivity (Wildman–Crippen MR) is 81.1 cm³/mol. The van der Waals surface area contributed by atoms with Crippen molar-refractivity contribution in [2.75, 3.05) is 26.2 Å². The molecule has 1 aromatic carbocycles. The summed E-state index contributed by atoms with van der Waals surface area (Å²) in [6.07, 6.45) is 3.07. The first-order valence-corrected chi connectivity index (χ1v) is 7.40. The summed E-state index contributed by atoms with van der Waals surface area (Å²) < 4.78 is 0. The van der Waals surface area contributed by atoms with Gasteiger partial charge in [-0.2, -0.15) is 0 Å². The Labute approximate surface area is 124 Å². The smallest absolute Gasteiger partial charge is 0.269 e. The van der Waals surface area contributed by atoms with Gasteiger partial charge < -0.3 is 15.7 Å². The van der Waals surface area contributed by atoms with E-state index < -0.39 is 5.60 Å². The fourth-order valence-electron chi connectivity index (χ4n) is 2.78. The maximum absolute atomic E-state index is 10.6. The maximum Gasteiger partial charge on any atom is 0.269 e. The number of rotatable bonds is 6. The molecule has 1 fully saturated rings. The lowest BCUT2D eigenvalue weighted by atomic mass is 9.88. The Hall–Kier alpha value is -1.50. The molecule has 0 bridgehead atoms. The van der Waals surface area contributed by atoms with Gasteiger partial charge in [-0.05, 0) is 37.8 Å². The molecular weight excluding hydrogens is 270 g/mol. The van der Waals surface area contributed by atoms with E-state index in [1.54, 1.807) is 12.1 Å². The number of non-ortho nitro benzene ring substituents is 1. The first-order chi connectivity index (χ1) is 10.0. The van der Waals surface area contributed by atoms with E-state index in [0.717, 1.165) is 44.5 Å². The van der Waals surface area contributed by atoms with E-state index in [-0.39, 0.29) is 10.6 Å². The Balaban J connectivity index is 1.78. The zero-order chi connectivity index (χ0) is 15.3. The first kappa shape index (κ1) is 15.9. The van der Waals surface area contributed by atoms with Crippen LogP contribution < -0.4 is 5.73 Å². The predicted octanol–water partition coefficient (Wildman–Crippen LogP) is 1.31. The molecular formula is C15H23N3O3. The van der Waals surface area contributed by atoms with E-state index >= 15 is 0 Å². The molecule has 0 saturated carbocycles. The van der Waals surface area contributed by atoms with Gasteiger partial charge in [-0.1, -0.05) is 12.1 Å². The van der Waals surface area contributed by atoms with Crippen LogP contribution in [0.5, 0.6) is 0 Å². The molecule has 6 heteroatoms. The highest BCUT2D eigenvalue weighted by Crippen LogP contribution is 2.25. The Morgan fingerprint density at radius 3 is 2.43 bits per heavy atom. The second-order valence-electron chi connectivity index (χ2n) is 5.78. The summed E-state index contributed by atoms with van der Waals surface area (Å²) in [4.78, 5) is 12.5. The summed E-state index contributed by atoms with van der Waals surface area (Å²) in [5.74, 6) is 0. The van der Waals surface area contributed by atoms with Crippen molar-refractivity contribution >= 4 is 5.69 Å². The zero-order valence-corrected chi connectivity index (χ0v) is 12.2. The van der Waals surface area contributed by atoms with Crippen molar-refractivity contribution in [1.82, 2.24) is 4.90 Å². The lowest BCUT2D eigenvalue weighted by Crippen LogP contribution is -2.45. The molecule has 6 nitrogen and oxygen atoms in total. The molecule has 2 rings (SSSR count). The SMILES string of the molecule is NCCC1(O)CCN(CCc2ccc([N+](=O)[O-])cc2)CC1. The minimum atomic E-state index is -0.585. The van der Waals surface area contributed by atoms with Crippen LogP contribution in [0.15, 0.2) is 24.3 Å². The van der Waals surface area contributed by atoms with Gasteiger partial charge in [0.15, 0.2) is 0 Å². The first-order valence-electron chi connectivity index (χ1n) is 7.40. The molecule has 1 aromatic rings. The van der Waals surface area contributed by atoms with Gasteiger partial charge in [-0.15, -0.1) is 0 Å². The van der Waals surface area contributed by atoms with Gasteiger partial charge >= 0.3 is 0 Å². The lowest BCUT2D eigenvalue weighted by Gasteiger charge is -2.38. The van der Waals surface area contributed by atoms with Crippen molar-refractivity contribution in [2.45, 2.75) is 31.3 Å². The number of aliphatic hydroxyl groups is 1. The highest BCUT2D eigenvalue weighted by molar-refractivity contribution is 5.32. The highest BCUT2D eigenvalue weighted by atomic mass is 16.6. The third-order valence-corrected chi connectivity index (χ3v) is 4.26. The zero-order valence-electron chi connectivity index (χ0n) is 12.2. The molecule has 0 atom stereocenters. The monoisotopic (exact) mass is 293 g/mol. The number of hydrogen-bond acceptors (Lipinski definition) is 5. The minimum absolute atomic E-state index is 0.128. The van der Waals surface area contributed by atoms with Gasteiger partial charge in [-0.3, -0.25) is 10.1 Å². The number of nitro benzene ring substituents is 1. The van der Waals surface area contributed by atoms with Gasteiger partial charge in [0.25, 0.3) is 5.69 Å². The number of hydrogen-bond donors (Lipinski definition) is 2. The fourth-order valence-corrected chi connectivity index (χ4v) is 2.78. The molecule has 0 aromatic heterocycles. The molecule has 0 aliphatic carbocycles. The number of likely N-dealkylation sites (tertiary alicyclic amines) is 1. The van der Waals surface area contributed by atoms with E-state index in [1.807, 2.05) is 12.1 Å². The Morgan fingerprint density at radius 1 is 1.29 bits per heavy atom. The Bertz CT molecular complexity index is 468. The van der Waals surface area contributed by atoms with Crippen LogP contribution in [0.3, 0.4) is 0 Å². The van der Waals surface area contributed by atoms with Crippen LogP contribution in [0.1, 0.15) is 24.8 Å². The summed E-state index contributed by atoms with van der Waals surface area (Å²) in [6.45, 7) is 3.20. The van der Waals surface area contributed by atoms with E-state index in [0.29, 0.717) is 13.0 Å². The third-order valence-electron chi connectivity index (χ3n) is 4.26. The number of nitrogens with two attached hydrogens (primary N) is 1.